The zero-order chi connectivity index (χ0) is 27.5. The first-order chi connectivity index (χ1) is 17.9. The third-order valence-electron chi connectivity index (χ3n) is 6.41. The molecule has 0 bridgehead atoms. The third-order valence-corrected chi connectivity index (χ3v) is 6.41. The average molecular weight is 535 g/mol. The number of carbonyl (C=O) groups is 2. The monoisotopic (exact) mass is 534 g/mol. The van der Waals surface area contributed by atoms with Crippen LogP contribution in [0.3, 0.4) is 0 Å². The van der Waals surface area contributed by atoms with Crippen LogP contribution < -0.4 is 5.32 Å². The molecule has 200 valence electrons. The highest BCUT2D eigenvalue weighted by Crippen LogP contribution is 2.37. The number of halogens is 6. The van der Waals surface area contributed by atoms with Gasteiger partial charge in [0.05, 0.1) is 23.1 Å². The molecule has 10 heteroatoms. The molecule has 1 aliphatic heterocycles. The van der Waals surface area contributed by atoms with Gasteiger partial charge in [0.1, 0.15) is 0 Å². The molecule has 3 aromatic carbocycles. The second kappa shape index (κ2) is 10.9. The maximum Gasteiger partial charge on any atom is 0.416 e. The van der Waals surface area contributed by atoms with Crippen LogP contribution >= 0.6 is 0 Å². The van der Waals surface area contributed by atoms with E-state index >= 15 is 0 Å². The molecule has 1 saturated heterocycles. The van der Waals surface area contributed by atoms with Gasteiger partial charge in [0.15, 0.2) is 0 Å². The number of carbonyl (C=O) groups excluding carboxylic acids is 2. The molecule has 2 atom stereocenters. The zero-order valence-electron chi connectivity index (χ0n) is 20.0. The predicted molar refractivity (Wildman–Crippen MR) is 127 cm³/mol. The van der Waals surface area contributed by atoms with E-state index in [0.717, 1.165) is 16.0 Å². The van der Waals surface area contributed by atoms with Gasteiger partial charge < -0.3 is 10.2 Å². The molecule has 4 nitrogen and oxygen atoms in total. The van der Waals surface area contributed by atoms with Crippen LogP contribution in [-0.4, -0.2) is 23.3 Å². The van der Waals surface area contributed by atoms with E-state index in [-0.39, 0.29) is 24.6 Å². The molecule has 1 heterocycles. The van der Waals surface area contributed by atoms with Crippen LogP contribution in [0.2, 0.25) is 0 Å². The maximum absolute atomic E-state index is 13.2. The molecule has 0 saturated carbocycles. The molecular weight excluding hydrogens is 510 g/mol. The van der Waals surface area contributed by atoms with Gasteiger partial charge in [0.2, 0.25) is 11.8 Å². The van der Waals surface area contributed by atoms with Gasteiger partial charge in [0.25, 0.3) is 0 Å². The van der Waals surface area contributed by atoms with Gasteiger partial charge in [-0.15, -0.1) is 0 Å². The molecule has 38 heavy (non-hydrogen) atoms. The Morgan fingerprint density at radius 3 is 1.95 bits per heavy atom. The minimum Gasteiger partial charge on any atom is -0.349 e. The number of nitrogens with one attached hydrogen (secondary N) is 1. The molecule has 1 aliphatic rings. The van der Waals surface area contributed by atoms with Crippen LogP contribution in [0, 0.1) is 5.92 Å². The maximum atomic E-state index is 13.2. The Bertz CT molecular complexity index is 1240. The molecule has 2 unspecified atom stereocenters. The van der Waals surface area contributed by atoms with Crippen LogP contribution in [-0.2, 0) is 34.9 Å². The fraction of sp³-hybridized carbons (Fsp3) is 0.286. The summed E-state index contributed by atoms with van der Waals surface area (Å²) in [5.74, 6) is -1.72. The zero-order valence-corrected chi connectivity index (χ0v) is 20.0. The Morgan fingerprint density at radius 1 is 0.842 bits per heavy atom. The van der Waals surface area contributed by atoms with E-state index < -0.39 is 53.8 Å². The lowest BCUT2D eigenvalue weighted by Crippen LogP contribution is -2.36. The molecule has 3 aromatic rings. The fourth-order valence-corrected chi connectivity index (χ4v) is 4.51. The van der Waals surface area contributed by atoms with Gasteiger partial charge >= 0.3 is 12.4 Å². The smallest absolute Gasteiger partial charge is 0.349 e. The van der Waals surface area contributed by atoms with Crippen LogP contribution in [0.25, 0.3) is 0 Å². The van der Waals surface area contributed by atoms with Gasteiger partial charge in [-0.25, -0.2) is 0 Å². The standard InChI is InChI=1S/C28H24F6N2O2/c29-27(30,31)22-11-19(12-23(15-22)28(32,33)34)16-36-17-21(14-25(36)37)26(38)35-24(20-9-5-2-6-10-20)13-18-7-3-1-4-8-18/h1-12,15,21,24H,13-14,16-17H2,(H,35,38). The van der Waals surface area contributed by atoms with Gasteiger partial charge in [-0.05, 0) is 41.3 Å². The van der Waals surface area contributed by atoms with E-state index in [1.54, 1.807) is 0 Å². The van der Waals surface area contributed by atoms with Gasteiger partial charge in [-0.1, -0.05) is 60.7 Å². The number of hydrogen-bond acceptors (Lipinski definition) is 2. The number of alkyl halides is 6. The Kier molecular flexibility index (Phi) is 7.80. The Morgan fingerprint density at radius 2 is 1.39 bits per heavy atom. The summed E-state index contributed by atoms with van der Waals surface area (Å²) in [5.41, 5.74) is -1.37. The van der Waals surface area contributed by atoms with Crippen molar-refractivity contribution in [1.29, 1.82) is 0 Å². The topological polar surface area (TPSA) is 49.4 Å². The summed E-state index contributed by atoms with van der Waals surface area (Å²) in [6.45, 7) is -0.586. The van der Waals surface area contributed by atoms with Crippen molar-refractivity contribution in [1.82, 2.24) is 10.2 Å². The summed E-state index contributed by atoms with van der Waals surface area (Å²) in [5, 5.41) is 2.97. The molecule has 2 amide bonds. The van der Waals surface area contributed by atoms with Crippen LogP contribution in [0.5, 0.6) is 0 Å². The summed E-state index contributed by atoms with van der Waals surface area (Å²) in [4.78, 5) is 26.9. The third kappa shape index (κ3) is 6.73. The molecule has 0 radical (unpaired) electrons. The average Bonchev–Trinajstić information content (AvgIpc) is 3.23. The number of amides is 2. The van der Waals surface area contributed by atoms with Crippen LogP contribution in [0.4, 0.5) is 26.3 Å². The van der Waals surface area contributed by atoms with Crippen molar-refractivity contribution >= 4 is 11.8 Å². The molecule has 1 N–H and O–H groups in total. The Hall–Kier alpha value is -3.82. The summed E-state index contributed by atoms with van der Waals surface area (Å²) in [7, 11) is 0. The van der Waals surface area contributed by atoms with Crippen molar-refractivity contribution in [3.05, 3.63) is 107 Å². The van der Waals surface area contributed by atoms with Crippen molar-refractivity contribution in [3.8, 4) is 0 Å². The van der Waals surface area contributed by atoms with E-state index in [4.69, 9.17) is 0 Å². The number of nitrogens with zero attached hydrogens (tertiary/aromatic N) is 1. The van der Waals surface area contributed by atoms with E-state index in [9.17, 15) is 35.9 Å². The molecule has 1 fully saturated rings. The minimum atomic E-state index is -4.99. The quantitative estimate of drug-likeness (QED) is 0.369. The van der Waals surface area contributed by atoms with E-state index in [2.05, 4.69) is 5.32 Å². The highest BCUT2D eigenvalue weighted by molar-refractivity contribution is 5.89. The van der Waals surface area contributed by atoms with Gasteiger partial charge in [-0.3, -0.25) is 9.59 Å². The largest absolute Gasteiger partial charge is 0.416 e. The normalized spacial score (nSPS) is 16.9. The Balaban J connectivity index is 1.49. The van der Waals surface area contributed by atoms with Crippen molar-refractivity contribution in [2.75, 3.05) is 6.54 Å². The van der Waals surface area contributed by atoms with Crippen LogP contribution in [0.1, 0.15) is 40.3 Å². The van der Waals surface area contributed by atoms with Crippen molar-refractivity contribution in [2.45, 2.75) is 37.8 Å². The Labute approximate surface area is 215 Å². The summed E-state index contributed by atoms with van der Waals surface area (Å²) in [6.07, 6.45) is -9.67. The number of likely N-dealkylation sites (tertiary alicyclic amines) is 1. The molecule has 0 aliphatic carbocycles. The molecular formula is C28H24F6N2O2. The first kappa shape index (κ1) is 27.2. The number of rotatable bonds is 7. The highest BCUT2D eigenvalue weighted by atomic mass is 19.4. The lowest BCUT2D eigenvalue weighted by molar-refractivity contribution is -0.143. The van der Waals surface area contributed by atoms with Crippen LogP contribution in [0.15, 0.2) is 78.9 Å². The SMILES string of the molecule is O=C(NC(Cc1ccccc1)c1ccccc1)C1CC(=O)N(Cc2cc(C(F)(F)F)cc(C(F)(F)F)c2)C1. The highest BCUT2D eigenvalue weighted by Gasteiger charge is 2.39. The number of hydrogen-bond donors (Lipinski definition) is 1. The van der Waals surface area contributed by atoms with E-state index in [0.29, 0.717) is 18.6 Å². The summed E-state index contributed by atoms with van der Waals surface area (Å²) < 4.78 is 79.3. The fourth-order valence-electron chi connectivity index (χ4n) is 4.51. The molecule has 0 aromatic heterocycles. The predicted octanol–water partition coefficient (Wildman–Crippen LogP) is 6.17. The summed E-state index contributed by atoms with van der Waals surface area (Å²) in [6, 6.07) is 19.6. The van der Waals surface area contributed by atoms with Gasteiger partial charge in [0, 0.05) is 19.5 Å². The first-order valence-corrected chi connectivity index (χ1v) is 11.9. The first-order valence-electron chi connectivity index (χ1n) is 11.9. The van der Waals surface area contributed by atoms with Gasteiger partial charge in [-0.2, -0.15) is 26.3 Å². The lowest BCUT2D eigenvalue weighted by Gasteiger charge is -2.22. The molecule has 0 spiro atoms. The van der Waals surface area contributed by atoms with E-state index in [1.807, 2.05) is 60.7 Å². The second-order valence-electron chi connectivity index (χ2n) is 9.25. The summed E-state index contributed by atoms with van der Waals surface area (Å²) >= 11 is 0. The van der Waals surface area contributed by atoms with Crippen molar-refractivity contribution in [3.63, 3.8) is 0 Å². The van der Waals surface area contributed by atoms with E-state index in [1.165, 1.54) is 0 Å². The lowest BCUT2D eigenvalue weighted by atomic mass is 9.97. The molecule has 4 rings (SSSR count). The van der Waals surface area contributed by atoms with Crippen molar-refractivity contribution in [2.24, 2.45) is 5.92 Å². The minimum absolute atomic E-state index is 0.0437. The number of benzene rings is 3. The van der Waals surface area contributed by atoms with Crippen molar-refractivity contribution < 1.29 is 35.9 Å². The second-order valence-corrected chi connectivity index (χ2v) is 9.25.